The van der Waals surface area contributed by atoms with Crippen molar-refractivity contribution in [2.45, 2.75) is 45.1 Å². The lowest BCUT2D eigenvalue weighted by atomic mass is 9.73. The number of anilines is 1. The van der Waals surface area contributed by atoms with Gasteiger partial charge in [-0.1, -0.05) is 0 Å². The van der Waals surface area contributed by atoms with Gasteiger partial charge in [-0.25, -0.2) is 0 Å². The van der Waals surface area contributed by atoms with Gasteiger partial charge in [-0.15, -0.1) is 0 Å². The third-order valence-electron chi connectivity index (χ3n) is 6.27. The second-order valence-corrected chi connectivity index (χ2v) is 7.93. The Kier molecular flexibility index (Phi) is 6.57. The number of nitrogens with zero attached hydrogens (tertiary/aromatic N) is 2. The molecule has 1 unspecified atom stereocenters. The Hall–Kier alpha value is -2.12. The highest BCUT2D eigenvalue weighted by Crippen LogP contribution is 2.47. The molecule has 7 nitrogen and oxygen atoms in total. The van der Waals surface area contributed by atoms with E-state index >= 15 is 0 Å². The topological polar surface area (TPSA) is 84.9 Å². The first kappa shape index (κ1) is 20.6. The van der Waals surface area contributed by atoms with Gasteiger partial charge in [-0.2, -0.15) is 0 Å². The van der Waals surface area contributed by atoms with Gasteiger partial charge in [0.25, 0.3) is 11.8 Å². The van der Waals surface area contributed by atoms with Crippen molar-refractivity contribution in [2.24, 2.45) is 5.92 Å². The maximum atomic E-state index is 12.3. The van der Waals surface area contributed by atoms with Crippen molar-refractivity contribution in [3.8, 4) is 0 Å². The van der Waals surface area contributed by atoms with E-state index in [1.165, 1.54) is 6.42 Å². The number of hydrogen-bond acceptors (Lipinski definition) is 5. The van der Waals surface area contributed by atoms with Gasteiger partial charge >= 0.3 is 0 Å². The molecular formula is C21H32N4O3. The molecule has 1 saturated heterocycles. The lowest BCUT2D eigenvalue weighted by molar-refractivity contribution is -0.125. The van der Waals surface area contributed by atoms with Crippen LogP contribution < -0.4 is 15.8 Å². The average molecular weight is 389 g/mol. The van der Waals surface area contributed by atoms with Crippen LogP contribution in [0.3, 0.4) is 0 Å². The Morgan fingerprint density at radius 2 is 1.86 bits per heavy atom. The summed E-state index contributed by atoms with van der Waals surface area (Å²) in [5, 5.41) is 9.47. The number of aliphatic hydroxyl groups is 1. The normalized spacial score (nSPS) is 20.6. The first-order chi connectivity index (χ1) is 13.5. The Labute approximate surface area is 167 Å². The molecular weight excluding hydrogens is 356 g/mol. The number of carbonyl (C=O) groups is 2. The molecule has 1 aliphatic carbocycles. The van der Waals surface area contributed by atoms with Crippen LogP contribution in [0.2, 0.25) is 0 Å². The zero-order chi connectivity index (χ0) is 20.1. The van der Waals surface area contributed by atoms with Gasteiger partial charge in [-0.3, -0.25) is 25.3 Å². The smallest absolute Gasteiger partial charge is 0.269 e. The number of amides is 2. The number of rotatable bonds is 7. The van der Waals surface area contributed by atoms with Gasteiger partial charge in [0, 0.05) is 43.0 Å². The van der Waals surface area contributed by atoms with Crippen LogP contribution in [0.4, 0.5) is 5.69 Å². The van der Waals surface area contributed by atoms with Crippen molar-refractivity contribution in [2.75, 3.05) is 37.7 Å². The van der Waals surface area contributed by atoms with E-state index in [0.29, 0.717) is 5.56 Å². The molecule has 0 aromatic heterocycles. The number of hydrogen-bond donors (Lipinski definition) is 3. The quantitative estimate of drug-likeness (QED) is 0.617. The first-order valence-corrected chi connectivity index (χ1v) is 10.3. The van der Waals surface area contributed by atoms with E-state index in [-0.39, 0.29) is 36.4 Å². The number of nitrogens with one attached hydrogen (secondary N) is 2. The fraction of sp³-hybridized carbons (Fsp3) is 0.619. The fourth-order valence-corrected chi connectivity index (χ4v) is 4.52. The highest BCUT2D eigenvalue weighted by atomic mass is 16.3. The van der Waals surface area contributed by atoms with Crippen molar-refractivity contribution in [1.82, 2.24) is 15.8 Å². The number of likely N-dealkylation sites (tertiary alicyclic amines) is 1. The number of aliphatic hydroxyl groups excluding tert-OH is 1. The second kappa shape index (κ2) is 8.92. The van der Waals surface area contributed by atoms with Crippen molar-refractivity contribution in [3.05, 3.63) is 29.8 Å². The van der Waals surface area contributed by atoms with Gasteiger partial charge in [0.2, 0.25) is 0 Å². The summed E-state index contributed by atoms with van der Waals surface area (Å²) in [5.41, 5.74) is 6.70. The summed E-state index contributed by atoms with van der Waals surface area (Å²) in [6.45, 7) is 7.16. The SMILES string of the molecule is CCN(CC)c1ccc(C(=O)NNC(=O)CN2CC(CO)CC23CCC3)cc1. The molecule has 7 heteroatoms. The van der Waals surface area contributed by atoms with Gasteiger partial charge in [-0.05, 0) is 69.7 Å². The second-order valence-electron chi connectivity index (χ2n) is 7.93. The predicted octanol–water partition coefficient (Wildman–Crippen LogP) is 1.53. The average Bonchev–Trinajstić information content (AvgIpc) is 3.06. The highest BCUT2D eigenvalue weighted by Gasteiger charge is 2.49. The van der Waals surface area contributed by atoms with Crippen LogP contribution in [0.5, 0.6) is 0 Å². The zero-order valence-corrected chi connectivity index (χ0v) is 16.9. The molecule has 28 heavy (non-hydrogen) atoms. The van der Waals surface area contributed by atoms with Crippen molar-refractivity contribution >= 4 is 17.5 Å². The lowest BCUT2D eigenvalue weighted by Gasteiger charge is -2.45. The molecule has 1 atom stereocenters. The van der Waals surface area contributed by atoms with E-state index in [0.717, 1.165) is 44.6 Å². The molecule has 3 N–H and O–H groups in total. The Bertz CT molecular complexity index is 683. The number of carbonyl (C=O) groups excluding carboxylic acids is 2. The Morgan fingerprint density at radius 1 is 1.18 bits per heavy atom. The van der Waals surface area contributed by atoms with Crippen LogP contribution in [0.1, 0.15) is 49.9 Å². The molecule has 2 fully saturated rings. The molecule has 1 spiro atoms. The zero-order valence-electron chi connectivity index (χ0n) is 16.9. The van der Waals surface area contributed by atoms with Crippen molar-refractivity contribution in [1.29, 1.82) is 0 Å². The minimum Gasteiger partial charge on any atom is -0.396 e. The maximum absolute atomic E-state index is 12.3. The molecule has 1 aromatic carbocycles. The van der Waals surface area contributed by atoms with Gasteiger partial charge in [0.1, 0.15) is 0 Å². The number of hydrazine groups is 1. The largest absolute Gasteiger partial charge is 0.396 e. The standard InChI is InChI=1S/C21H32N4O3/c1-3-24(4-2)18-8-6-17(7-9-18)20(28)23-22-19(27)14-25-13-16(15-26)12-21(25)10-5-11-21/h6-9,16,26H,3-5,10-15H2,1-2H3,(H,22,27)(H,23,28). The molecule has 0 radical (unpaired) electrons. The molecule has 2 aliphatic rings. The minimum absolute atomic E-state index is 0.0784. The van der Waals surface area contributed by atoms with E-state index in [2.05, 4.69) is 34.5 Å². The van der Waals surface area contributed by atoms with Crippen LogP contribution >= 0.6 is 0 Å². The Balaban J connectivity index is 1.50. The summed E-state index contributed by atoms with van der Waals surface area (Å²) in [5.74, 6) is -0.308. The summed E-state index contributed by atoms with van der Waals surface area (Å²) >= 11 is 0. The van der Waals surface area contributed by atoms with Crippen molar-refractivity contribution < 1.29 is 14.7 Å². The minimum atomic E-state index is -0.326. The third kappa shape index (κ3) is 4.31. The molecule has 1 aliphatic heterocycles. The molecule has 154 valence electrons. The third-order valence-corrected chi connectivity index (χ3v) is 6.27. The van der Waals surface area contributed by atoms with Crippen LogP contribution in [-0.2, 0) is 4.79 Å². The predicted molar refractivity (Wildman–Crippen MR) is 109 cm³/mol. The summed E-state index contributed by atoms with van der Waals surface area (Å²) in [4.78, 5) is 29.0. The molecule has 1 saturated carbocycles. The van der Waals surface area contributed by atoms with Crippen LogP contribution in [-0.4, -0.2) is 60.1 Å². The maximum Gasteiger partial charge on any atom is 0.269 e. The summed E-state index contributed by atoms with van der Waals surface area (Å²) in [7, 11) is 0. The highest BCUT2D eigenvalue weighted by molar-refractivity contribution is 5.95. The monoisotopic (exact) mass is 388 g/mol. The van der Waals surface area contributed by atoms with Crippen LogP contribution in [0.25, 0.3) is 0 Å². The van der Waals surface area contributed by atoms with E-state index in [9.17, 15) is 14.7 Å². The van der Waals surface area contributed by atoms with Gasteiger partial charge in [0.05, 0.1) is 6.54 Å². The number of benzene rings is 1. The summed E-state index contributed by atoms with van der Waals surface area (Å²) < 4.78 is 0. The Morgan fingerprint density at radius 3 is 2.39 bits per heavy atom. The van der Waals surface area contributed by atoms with E-state index < -0.39 is 0 Å². The van der Waals surface area contributed by atoms with Crippen molar-refractivity contribution in [3.63, 3.8) is 0 Å². The van der Waals surface area contributed by atoms with Gasteiger partial charge < -0.3 is 10.0 Å². The molecule has 0 bridgehead atoms. The first-order valence-electron chi connectivity index (χ1n) is 10.3. The van der Waals surface area contributed by atoms with E-state index in [1.807, 2.05) is 12.1 Å². The molecule has 1 aromatic rings. The lowest BCUT2D eigenvalue weighted by Crippen LogP contribution is -2.54. The molecule has 1 heterocycles. The van der Waals surface area contributed by atoms with Gasteiger partial charge in [0.15, 0.2) is 0 Å². The van der Waals surface area contributed by atoms with E-state index in [4.69, 9.17) is 0 Å². The fourth-order valence-electron chi connectivity index (χ4n) is 4.52. The summed E-state index contributed by atoms with van der Waals surface area (Å²) in [6, 6.07) is 7.38. The summed E-state index contributed by atoms with van der Waals surface area (Å²) in [6.07, 6.45) is 4.31. The molecule has 2 amide bonds. The van der Waals surface area contributed by atoms with E-state index in [1.54, 1.807) is 12.1 Å². The van der Waals surface area contributed by atoms with Crippen LogP contribution in [0.15, 0.2) is 24.3 Å². The van der Waals surface area contributed by atoms with Crippen LogP contribution in [0, 0.1) is 5.92 Å². The molecule has 3 rings (SSSR count).